The summed E-state index contributed by atoms with van der Waals surface area (Å²) in [5, 5.41) is 2.73. The van der Waals surface area contributed by atoms with Gasteiger partial charge in [-0.3, -0.25) is 9.59 Å². The summed E-state index contributed by atoms with van der Waals surface area (Å²) >= 11 is 0. The van der Waals surface area contributed by atoms with Crippen molar-refractivity contribution in [2.24, 2.45) is 11.8 Å². The van der Waals surface area contributed by atoms with E-state index in [0.29, 0.717) is 41.9 Å². The first-order chi connectivity index (χ1) is 14.9. The number of para-hydroxylation sites is 1. The second-order valence-corrected chi connectivity index (χ2v) is 8.05. The van der Waals surface area contributed by atoms with E-state index in [1.54, 1.807) is 60.5 Å². The number of hydrogen-bond acceptors (Lipinski definition) is 5. The summed E-state index contributed by atoms with van der Waals surface area (Å²) in [5.74, 6) is 0.274. The molecule has 1 heterocycles. The standard InChI is InChI=1S/C24H28N2O5/c1-16-12-17(2)14-26(13-16)22(27)15-31-24(29)20-6-4-5-7-21(20)25-23(28)18-8-10-19(30-3)11-9-18/h4-11,16-17H,12-15H2,1-3H3,(H,25,28)/t16-,17+. The minimum atomic E-state index is -0.655. The number of carbonyl (C=O) groups is 3. The Bertz CT molecular complexity index is 931. The van der Waals surface area contributed by atoms with Crippen LogP contribution >= 0.6 is 0 Å². The summed E-state index contributed by atoms with van der Waals surface area (Å²) in [4.78, 5) is 39.4. The number of likely N-dealkylation sites (tertiary alicyclic amines) is 1. The van der Waals surface area contributed by atoms with Crippen molar-refractivity contribution >= 4 is 23.5 Å². The number of anilines is 1. The van der Waals surface area contributed by atoms with Crippen LogP contribution in [-0.4, -0.2) is 49.5 Å². The highest BCUT2D eigenvalue weighted by Gasteiger charge is 2.26. The fourth-order valence-electron chi connectivity index (χ4n) is 3.87. The molecule has 0 saturated carbocycles. The highest BCUT2D eigenvalue weighted by atomic mass is 16.5. The summed E-state index contributed by atoms with van der Waals surface area (Å²) in [6, 6.07) is 13.2. The minimum Gasteiger partial charge on any atom is -0.497 e. The van der Waals surface area contributed by atoms with Crippen molar-refractivity contribution in [1.29, 1.82) is 0 Å². The number of nitrogens with one attached hydrogen (secondary N) is 1. The topological polar surface area (TPSA) is 84.9 Å². The molecule has 1 fully saturated rings. The molecule has 2 amide bonds. The van der Waals surface area contributed by atoms with Crippen LogP contribution in [0.15, 0.2) is 48.5 Å². The lowest BCUT2D eigenvalue weighted by Gasteiger charge is -2.34. The summed E-state index contributed by atoms with van der Waals surface area (Å²) in [5.41, 5.74) is 0.936. The molecule has 2 aromatic carbocycles. The highest BCUT2D eigenvalue weighted by molar-refractivity contribution is 6.08. The van der Waals surface area contributed by atoms with Crippen LogP contribution in [0, 0.1) is 11.8 Å². The SMILES string of the molecule is COc1ccc(C(=O)Nc2ccccc2C(=O)OCC(=O)N2C[C@H](C)C[C@H](C)C2)cc1. The van der Waals surface area contributed by atoms with Crippen molar-refractivity contribution in [3.8, 4) is 5.75 Å². The van der Waals surface area contributed by atoms with Crippen LogP contribution in [0.4, 0.5) is 5.69 Å². The van der Waals surface area contributed by atoms with Gasteiger partial charge in [0.05, 0.1) is 18.4 Å². The number of carbonyl (C=O) groups excluding carboxylic acids is 3. The lowest BCUT2D eigenvalue weighted by molar-refractivity contribution is -0.137. The number of esters is 1. The van der Waals surface area contributed by atoms with Gasteiger partial charge in [0, 0.05) is 18.7 Å². The normalized spacial score (nSPS) is 18.2. The monoisotopic (exact) mass is 424 g/mol. The summed E-state index contributed by atoms with van der Waals surface area (Å²) < 4.78 is 10.4. The Morgan fingerprint density at radius 1 is 1.00 bits per heavy atom. The average molecular weight is 424 g/mol. The van der Waals surface area contributed by atoms with Gasteiger partial charge in [-0.15, -0.1) is 0 Å². The van der Waals surface area contributed by atoms with Crippen LogP contribution < -0.4 is 10.1 Å². The van der Waals surface area contributed by atoms with Crippen molar-refractivity contribution in [2.45, 2.75) is 20.3 Å². The molecule has 2 aromatic rings. The van der Waals surface area contributed by atoms with E-state index in [4.69, 9.17) is 9.47 Å². The molecule has 7 heteroatoms. The van der Waals surface area contributed by atoms with Gasteiger partial charge in [0.25, 0.3) is 11.8 Å². The molecule has 2 atom stereocenters. The molecule has 1 N–H and O–H groups in total. The zero-order valence-corrected chi connectivity index (χ0v) is 18.1. The maximum absolute atomic E-state index is 12.6. The number of ether oxygens (including phenoxy) is 2. The van der Waals surface area contributed by atoms with Crippen LogP contribution in [0.2, 0.25) is 0 Å². The van der Waals surface area contributed by atoms with Crippen molar-refractivity contribution < 1.29 is 23.9 Å². The first kappa shape index (κ1) is 22.3. The molecule has 31 heavy (non-hydrogen) atoms. The fourth-order valence-corrected chi connectivity index (χ4v) is 3.87. The molecule has 1 aliphatic rings. The number of piperidine rings is 1. The first-order valence-corrected chi connectivity index (χ1v) is 10.4. The third-order valence-electron chi connectivity index (χ3n) is 5.30. The zero-order chi connectivity index (χ0) is 22.4. The van der Waals surface area contributed by atoms with E-state index in [-0.39, 0.29) is 24.0 Å². The van der Waals surface area contributed by atoms with Gasteiger partial charge in [-0.1, -0.05) is 26.0 Å². The highest BCUT2D eigenvalue weighted by Crippen LogP contribution is 2.22. The minimum absolute atomic E-state index is 0.192. The third-order valence-corrected chi connectivity index (χ3v) is 5.30. The van der Waals surface area contributed by atoms with Crippen molar-refractivity contribution in [3.63, 3.8) is 0 Å². The van der Waals surface area contributed by atoms with E-state index in [1.807, 2.05) is 0 Å². The van der Waals surface area contributed by atoms with E-state index in [9.17, 15) is 14.4 Å². The smallest absolute Gasteiger partial charge is 0.340 e. The van der Waals surface area contributed by atoms with E-state index >= 15 is 0 Å². The van der Waals surface area contributed by atoms with Gasteiger partial charge < -0.3 is 19.7 Å². The summed E-state index contributed by atoms with van der Waals surface area (Å²) in [6.45, 7) is 5.26. The molecule has 0 bridgehead atoms. The molecule has 164 valence electrons. The molecule has 1 saturated heterocycles. The number of benzene rings is 2. The van der Waals surface area contributed by atoms with E-state index in [0.717, 1.165) is 6.42 Å². The number of hydrogen-bond donors (Lipinski definition) is 1. The fraction of sp³-hybridized carbons (Fsp3) is 0.375. The molecule has 0 unspecified atom stereocenters. The van der Waals surface area contributed by atoms with Crippen molar-refractivity contribution in [2.75, 3.05) is 32.1 Å². The molecule has 7 nitrogen and oxygen atoms in total. The Labute approximate surface area is 182 Å². The van der Waals surface area contributed by atoms with Gasteiger partial charge in [-0.25, -0.2) is 4.79 Å². The van der Waals surface area contributed by atoms with E-state index in [1.165, 1.54) is 0 Å². The Kier molecular flexibility index (Phi) is 7.28. The van der Waals surface area contributed by atoms with Crippen molar-refractivity contribution in [3.05, 3.63) is 59.7 Å². The Balaban J connectivity index is 1.63. The summed E-state index contributed by atoms with van der Waals surface area (Å²) in [6.07, 6.45) is 1.09. The lowest BCUT2D eigenvalue weighted by Crippen LogP contribution is -2.44. The lowest BCUT2D eigenvalue weighted by atomic mass is 9.92. The van der Waals surface area contributed by atoms with Crippen LogP contribution in [0.3, 0.4) is 0 Å². The van der Waals surface area contributed by atoms with Crippen LogP contribution in [-0.2, 0) is 9.53 Å². The summed E-state index contributed by atoms with van der Waals surface area (Å²) in [7, 11) is 1.55. The van der Waals surface area contributed by atoms with Gasteiger partial charge in [-0.05, 0) is 54.7 Å². The molecular weight excluding hydrogens is 396 g/mol. The largest absolute Gasteiger partial charge is 0.497 e. The van der Waals surface area contributed by atoms with Crippen LogP contribution in [0.5, 0.6) is 5.75 Å². The Morgan fingerprint density at radius 3 is 2.29 bits per heavy atom. The maximum Gasteiger partial charge on any atom is 0.340 e. The van der Waals surface area contributed by atoms with Gasteiger partial charge in [-0.2, -0.15) is 0 Å². The second-order valence-electron chi connectivity index (χ2n) is 8.05. The molecule has 0 aliphatic carbocycles. The Hall–Kier alpha value is -3.35. The molecular formula is C24H28N2O5. The molecule has 1 aliphatic heterocycles. The average Bonchev–Trinajstić information content (AvgIpc) is 2.77. The number of rotatable bonds is 6. The molecule has 0 spiro atoms. The quantitative estimate of drug-likeness (QED) is 0.716. The van der Waals surface area contributed by atoms with Crippen LogP contribution in [0.1, 0.15) is 41.0 Å². The molecule has 0 aromatic heterocycles. The van der Waals surface area contributed by atoms with E-state index < -0.39 is 5.97 Å². The van der Waals surface area contributed by atoms with Gasteiger partial charge in [0.15, 0.2) is 6.61 Å². The Morgan fingerprint density at radius 2 is 1.65 bits per heavy atom. The predicted octanol–water partition coefficient (Wildman–Crippen LogP) is 3.61. The van der Waals surface area contributed by atoms with Gasteiger partial charge in [0.2, 0.25) is 0 Å². The number of nitrogens with zero attached hydrogens (tertiary/aromatic N) is 1. The third kappa shape index (κ3) is 5.84. The number of amides is 2. The van der Waals surface area contributed by atoms with E-state index in [2.05, 4.69) is 19.2 Å². The number of methoxy groups -OCH3 is 1. The van der Waals surface area contributed by atoms with Gasteiger partial charge in [0.1, 0.15) is 5.75 Å². The maximum atomic E-state index is 12.6. The predicted molar refractivity (Wildman–Crippen MR) is 117 cm³/mol. The molecule has 0 radical (unpaired) electrons. The van der Waals surface area contributed by atoms with Crippen LogP contribution in [0.25, 0.3) is 0 Å². The zero-order valence-electron chi connectivity index (χ0n) is 18.1. The first-order valence-electron chi connectivity index (χ1n) is 10.4. The van der Waals surface area contributed by atoms with Gasteiger partial charge >= 0.3 is 5.97 Å². The molecule has 3 rings (SSSR count). The second kappa shape index (κ2) is 10.1. The van der Waals surface area contributed by atoms with Crippen molar-refractivity contribution in [1.82, 2.24) is 4.90 Å².